The van der Waals surface area contributed by atoms with Gasteiger partial charge in [0, 0.05) is 16.4 Å². The second-order valence-electron chi connectivity index (χ2n) is 4.36. The largest absolute Gasteiger partial charge is 0.329 e. The fourth-order valence-electron chi connectivity index (χ4n) is 1.44. The third-order valence-electron chi connectivity index (χ3n) is 2.53. The second-order valence-corrected chi connectivity index (χ2v) is 4.79. The van der Waals surface area contributed by atoms with Gasteiger partial charge in [-0.05, 0) is 38.0 Å². The van der Waals surface area contributed by atoms with Crippen LogP contribution in [0.1, 0.15) is 33.1 Å². The zero-order valence-corrected chi connectivity index (χ0v) is 12.3. The third-order valence-corrected chi connectivity index (χ3v) is 2.76. The van der Waals surface area contributed by atoms with Gasteiger partial charge in [0.15, 0.2) is 0 Å². The molecule has 0 atom stereocenters. The average Bonchev–Trinajstić information content (AvgIpc) is 2.42. The van der Waals surface area contributed by atoms with Gasteiger partial charge in [-0.25, -0.2) is 5.43 Å². The van der Waals surface area contributed by atoms with Crippen LogP contribution >= 0.6 is 11.6 Å². The molecule has 0 aliphatic heterocycles. The van der Waals surface area contributed by atoms with Crippen LogP contribution in [0.4, 0.5) is 5.69 Å². The molecule has 2 N–H and O–H groups in total. The molecule has 0 aliphatic rings. The standard InChI is InChI=1S/C14H18ClN3O2/c1-3-4-6-10(2)17-18-14(20)13(19)16-12-8-5-7-11(15)9-12/h5,7-9H,3-4,6H2,1-2H3,(H,16,19)(H,18,20)/b17-10+. The van der Waals surface area contributed by atoms with Crippen LogP contribution in [0.5, 0.6) is 0 Å². The lowest BCUT2D eigenvalue weighted by Gasteiger charge is -2.05. The van der Waals surface area contributed by atoms with Gasteiger partial charge in [-0.1, -0.05) is 31.0 Å². The van der Waals surface area contributed by atoms with E-state index >= 15 is 0 Å². The Morgan fingerprint density at radius 2 is 2.05 bits per heavy atom. The molecule has 0 heterocycles. The van der Waals surface area contributed by atoms with Crippen LogP contribution in [0.25, 0.3) is 0 Å². The summed E-state index contributed by atoms with van der Waals surface area (Å²) >= 11 is 5.79. The number of nitrogens with zero attached hydrogens (tertiary/aromatic N) is 1. The molecule has 0 bridgehead atoms. The number of halogens is 1. The van der Waals surface area contributed by atoms with Crippen molar-refractivity contribution in [2.45, 2.75) is 33.1 Å². The van der Waals surface area contributed by atoms with Crippen molar-refractivity contribution >= 4 is 34.8 Å². The molecule has 2 amide bonds. The molecule has 0 spiro atoms. The van der Waals surface area contributed by atoms with E-state index in [4.69, 9.17) is 11.6 Å². The monoisotopic (exact) mass is 295 g/mol. The van der Waals surface area contributed by atoms with E-state index in [0.29, 0.717) is 10.7 Å². The van der Waals surface area contributed by atoms with Gasteiger partial charge in [-0.2, -0.15) is 5.10 Å². The first-order chi connectivity index (χ1) is 9.52. The van der Waals surface area contributed by atoms with E-state index < -0.39 is 11.8 Å². The molecule has 0 aliphatic carbocycles. The summed E-state index contributed by atoms with van der Waals surface area (Å²) in [7, 11) is 0. The van der Waals surface area contributed by atoms with Gasteiger partial charge in [-0.3, -0.25) is 9.59 Å². The Labute approximate surface area is 123 Å². The van der Waals surface area contributed by atoms with E-state index in [-0.39, 0.29) is 0 Å². The molecule has 1 aromatic rings. The van der Waals surface area contributed by atoms with Crippen LogP contribution in [0.15, 0.2) is 29.4 Å². The van der Waals surface area contributed by atoms with E-state index in [1.807, 2.05) is 6.92 Å². The lowest BCUT2D eigenvalue weighted by atomic mass is 10.2. The molecule has 0 fully saturated rings. The number of rotatable bonds is 5. The molecule has 108 valence electrons. The predicted octanol–water partition coefficient (Wildman–Crippen LogP) is 2.96. The van der Waals surface area contributed by atoms with E-state index in [2.05, 4.69) is 22.8 Å². The molecule has 0 radical (unpaired) electrons. The fourth-order valence-corrected chi connectivity index (χ4v) is 1.63. The first-order valence-corrected chi connectivity index (χ1v) is 6.80. The van der Waals surface area contributed by atoms with Crippen molar-refractivity contribution < 1.29 is 9.59 Å². The number of hydrogen-bond acceptors (Lipinski definition) is 3. The summed E-state index contributed by atoms with van der Waals surface area (Å²) in [4.78, 5) is 23.2. The molecule has 0 unspecified atom stereocenters. The molecule has 1 rings (SSSR count). The number of hydrazone groups is 1. The molecule has 20 heavy (non-hydrogen) atoms. The van der Waals surface area contributed by atoms with Gasteiger partial charge in [0.25, 0.3) is 0 Å². The highest BCUT2D eigenvalue weighted by Gasteiger charge is 2.13. The number of carbonyl (C=O) groups is 2. The SMILES string of the molecule is CCCC/C(C)=N/NC(=O)C(=O)Nc1cccc(Cl)c1. The van der Waals surface area contributed by atoms with Gasteiger partial charge in [0.1, 0.15) is 0 Å². The summed E-state index contributed by atoms with van der Waals surface area (Å²) in [6.07, 6.45) is 2.85. The summed E-state index contributed by atoms with van der Waals surface area (Å²) in [6.45, 7) is 3.88. The maximum absolute atomic E-state index is 11.6. The van der Waals surface area contributed by atoms with E-state index in [0.717, 1.165) is 25.0 Å². The number of benzene rings is 1. The number of amides is 2. The zero-order valence-electron chi connectivity index (χ0n) is 11.6. The second kappa shape index (κ2) is 8.32. The fraction of sp³-hybridized carbons (Fsp3) is 0.357. The summed E-state index contributed by atoms with van der Waals surface area (Å²) in [5, 5.41) is 6.80. The molecular weight excluding hydrogens is 278 g/mol. The van der Waals surface area contributed by atoms with E-state index in [9.17, 15) is 9.59 Å². The van der Waals surface area contributed by atoms with Gasteiger partial charge < -0.3 is 5.32 Å². The summed E-state index contributed by atoms with van der Waals surface area (Å²) in [5.74, 6) is -1.58. The molecular formula is C14H18ClN3O2. The minimum absolute atomic E-state index is 0.462. The summed E-state index contributed by atoms with van der Waals surface area (Å²) in [5.41, 5.74) is 3.48. The number of nitrogens with one attached hydrogen (secondary N) is 2. The summed E-state index contributed by atoms with van der Waals surface area (Å²) in [6, 6.07) is 6.57. The Bertz CT molecular complexity index is 515. The highest BCUT2D eigenvalue weighted by molar-refractivity contribution is 6.39. The van der Waals surface area contributed by atoms with Gasteiger partial charge in [0.05, 0.1) is 0 Å². The Hall–Kier alpha value is -1.88. The Morgan fingerprint density at radius 3 is 2.70 bits per heavy atom. The maximum atomic E-state index is 11.6. The van der Waals surface area contributed by atoms with Gasteiger partial charge in [0.2, 0.25) is 0 Å². The maximum Gasteiger partial charge on any atom is 0.329 e. The van der Waals surface area contributed by atoms with Crippen molar-refractivity contribution in [2.24, 2.45) is 5.10 Å². The third kappa shape index (κ3) is 5.84. The van der Waals surface area contributed by atoms with Crippen LogP contribution in [-0.4, -0.2) is 17.5 Å². The summed E-state index contributed by atoms with van der Waals surface area (Å²) < 4.78 is 0. The van der Waals surface area contributed by atoms with Crippen molar-refractivity contribution in [1.29, 1.82) is 0 Å². The van der Waals surface area contributed by atoms with Crippen LogP contribution in [-0.2, 0) is 9.59 Å². The number of anilines is 1. The topological polar surface area (TPSA) is 70.6 Å². The van der Waals surface area contributed by atoms with Crippen LogP contribution in [0, 0.1) is 0 Å². The smallest absolute Gasteiger partial charge is 0.318 e. The quantitative estimate of drug-likeness (QED) is 0.498. The number of hydrogen-bond donors (Lipinski definition) is 2. The minimum atomic E-state index is -0.805. The first kappa shape index (κ1) is 16.2. The van der Waals surface area contributed by atoms with Gasteiger partial charge in [-0.15, -0.1) is 0 Å². The molecule has 1 aromatic carbocycles. The van der Waals surface area contributed by atoms with Crippen molar-refractivity contribution in [2.75, 3.05) is 5.32 Å². The Kier molecular flexibility index (Phi) is 6.73. The predicted molar refractivity (Wildman–Crippen MR) is 80.9 cm³/mol. The van der Waals surface area contributed by atoms with Crippen LogP contribution in [0.3, 0.4) is 0 Å². The minimum Gasteiger partial charge on any atom is -0.318 e. The average molecular weight is 296 g/mol. The lowest BCUT2D eigenvalue weighted by molar-refractivity contribution is -0.136. The number of unbranched alkanes of at least 4 members (excludes halogenated alkanes) is 1. The molecule has 0 saturated heterocycles. The molecule has 5 nitrogen and oxygen atoms in total. The molecule has 0 saturated carbocycles. The normalized spacial score (nSPS) is 11.1. The van der Waals surface area contributed by atoms with Crippen molar-refractivity contribution in [1.82, 2.24) is 5.43 Å². The van der Waals surface area contributed by atoms with Crippen molar-refractivity contribution in [3.8, 4) is 0 Å². The molecule has 0 aromatic heterocycles. The first-order valence-electron chi connectivity index (χ1n) is 6.43. The number of carbonyl (C=O) groups excluding carboxylic acids is 2. The Morgan fingerprint density at radius 1 is 1.30 bits per heavy atom. The van der Waals surface area contributed by atoms with Crippen LogP contribution < -0.4 is 10.7 Å². The highest BCUT2D eigenvalue weighted by atomic mass is 35.5. The van der Waals surface area contributed by atoms with Crippen molar-refractivity contribution in [3.05, 3.63) is 29.3 Å². The highest BCUT2D eigenvalue weighted by Crippen LogP contribution is 2.14. The lowest BCUT2D eigenvalue weighted by Crippen LogP contribution is -2.32. The van der Waals surface area contributed by atoms with E-state index in [1.54, 1.807) is 24.3 Å². The van der Waals surface area contributed by atoms with Gasteiger partial charge >= 0.3 is 11.8 Å². The zero-order chi connectivity index (χ0) is 15.0. The van der Waals surface area contributed by atoms with E-state index in [1.165, 1.54) is 0 Å². The Balaban J connectivity index is 2.49. The van der Waals surface area contributed by atoms with Crippen LogP contribution in [0.2, 0.25) is 5.02 Å². The molecule has 6 heteroatoms. The van der Waals surface area contributed by atoms with Crippen molar-refractivity contribution in [3.63, 3.8) is 0 Å².